The van der Waals surface area contributed by atoms with E-state index in [1.54, 1.807) is 6.92 Å². The predicted molar refractivity (Wildman–Crippen MR) is 89.1 cm³/mol. The fourth-order valence-corrected chi connectivity index (χ4v) is 3.03. The quantitative estimate of drug-likeness (QED) is 0.528. The summed E-state index contributed by atoms with van der Waals surface area (Å²) in [5, 5.41) is 18.9. The molecule has 5 nitrogen and oxygen atoms in total. The van der Waals surface area contributed by atoms with E-state index in [1.807, 2.05) is 36.4 Å². The van der Waals surface area contributed by atoms with E-state index in [4.69, 9.17) is 15.7 Å². The van der Waals surface area contributed by atoms with Gasteiger partial charge < -0.3 is 10.5 Å². The van der Waals surface area contributed by atoms with Crippen molar-refractivity contribution >= 4 is 28.4 Å². The summed E-state index contributed by atoms with van der Waals surface area (Å²) in [5.74, 6) is -0.695. The van der Waals surface area contributed by atoms with Gasteiger partial charge in [0.1, 0.15) is 22.7 Å². The van der Waals surface area contributed by atoms with Gasteiger partial charge in [0.05, 0.1) is 12.2 Å². The van der Waals surface area contributed by atoms with E-state index in [0.29, 0.717) is 21.0 Å². The van der Waals surface area contributed by atoms with Crippen LogP contribution >= 0.6 is 11.3 Å². The predicted octanol–water partition coefficient (Wildman–Crippen LogP) is 3.34. The van der Waals surface area contributed by atoms with Crippen molar-refractivity contribution in [2.75, 3.05) is 12.3 Å². The van der Waals surface area contributed by atoms with Crippen molar-refractivity contribution in [3.05, 3.63) is 46.3 Å². The SMILES string of the molecule is CCOC(=O)C(C#N)=Cc1sc(N)c(C#N)c1-c1ccccc1. The number of hydrogen-bond donors (Lipinski definition) is 1. The standard InChI is InChI=1S/C17H13N3O2S/c1-2-22-17(21)12(9-18)8-14-15(11-6-4-3-5-7-11)13(10-19)16(20)23-14/h3-8H,2,20H2,1H3. The number of hydrogen-bond acceptors (Lipinski definition) is 6. The number of carbonyl (C=O) groups excluding carboxylic acids is 1. The summed E-state index contributed by atoms with van der Waals surface area (Å²) in [6.07, 6.45) is 1.42. The van der Waals surface area contributed by atoms with Crippen molar-refractivity contribution in [2.45, 2.75) is 6.92 Å². The maximum Gasteiger partial charge on any atom is 0.348 e. The van der Waals surface area contributed by atoms with Crippen LogP contribution in [-0.2, 0) is 9.53 Å². The summed E-state index contributed by atoms with van der Waals surface area (Å²) in [6, 6.07) is 13.1. The molecule has 2 rings (SSSR count). The van der Waals surface area contributed by atoms with Crippen LogP contribution in [0.3, 0.4) is 0 Å². The van der Waals surface area contributed by atoms with Gasteiger partial charge in [0, 0.05) is 10.4 Å². The summed E-state index contributed by atoms with van der Waals surface area (Å²) in [7, 11) is 0. The van der Waals surface area contributed by atoms with Crippen LogP contribution in [0.1, 0.15) is 17.4 Å². The van der Waals surface area contributed by atoms with Crippen LogP contribution in [0.15, 0.2) is 35.9 Å². The van der Waals surface area contributed by atoms with Crippen molar-refractivity contribution in [3.63, 3.8) is 0 Å². The number of nitrogens with two attached hydrogens (primary N) is 1. The molecule has 2 N–H and O–H groups in total. The molecule has 0 unspecified atom stereocenters. The number of thiophene rings is 1. The van der Waals surface area contributed by atoms with E-state index in [1.165, 1.54) is 6.08 Å². The first-order valence-corrected chi connectivity index (χ1v) is 7.60. The molecule has 0 atom stereocenters. The number of anilines is 1. The molecule has 0 radical (unpaired) electrons. The van der Waals surface area contributed by atoms with Crippen molar-refractivity contribution in [1.29, 1.82) is 10.5 Å². The fraction of sp³-hybridized carbons (Fsp3) is 0.118. The van der Waals surface area contributed by atoms with Gasteiger partial charge in [-0.2, -0.15) is 10.5 Å². The van der Waals surface area contributed by atoms with Crippen molar-refractivity contribution in [2.24, 2.45) is 0 Å². The Morgan fingerprint density at radius 2 is 2.04 bits per heavy atom. The Morgan fingerprint density at radius 1 is 1.35 bits per heavy atom. The van der Waals surface area contributed by atoms with Crippen LogP contribution in [0.4, 0.5) is 5.00 Å². The summed E-state index contributed by atoms with van der Waals surface area (Å²) in [4.78, 5) is 12.4. The van der Waals surface area contributed by atoms with Crippen LogP contribution < -0.4 is 5.73 Å². The highest BCUT2D eigenvalue weighted by Crippen LogP contribution is 2.39. The lowest BCUT2D eigenvalue weighted by Gasteiger charge is -2.03. The first-order valence-electron chi connectivity index (χ1n) is 6.79. The number of benzene rings is 1. The average molecular weight is 323 g/mol. The maximum atomic E-state index is 11.8. The molecule has 2 aromatic rings. The van der Waals surface area contributed by atoms with Crippen LogP contribution in [-0.4, -0.2) is 12.6 Å². The molecule has 0 saturated carbocycles. The topological polar surface area (TPSA) is 99.9 Å². The number of esters is 1. The number of nitrogen functional groups attached to an aromatic ring is 1. The zero-order valence-electron chi connectivity index (χ0n) is 12.4. The minimum Gasteiger partial charge on any atom is -0.462 e. The Morgan fingerprint density at radius 3 is 2.61 bits per heavy atom. The van der Waals surface area contributed by atoms with Crippen LogP contribution in [0.5, 0.6) is 0 Å². The molecule has 0 aliphatic rings. The normalized spacial score (nSPS) is 10.7. The molecule has 0 bridgehead atoms. The highest BCUT2D eigenvalue weighted by Gasteiger charge is 2.19. The third kappa shape index (κ3) is 3.39. The van der Waals surface area contributed by atoms with E-state index < -0.39 is 5.97 Å². The van der Waals surface area contributed by atoms with E-state index in [0.717, 1.165) is 16.9 Å². The van der Waals surface area contributed by atoms with E-state index >= 15 is 0 Å². The largest absolute Gasteiger partial charge is 0.462 e. The highest BCUT2D eigenvalue weighted by atomic mass is 32.1. The van der Waals surface area contributed by atoms with Crippen molar-refractivity contribution in [3.8, 4) is 23.3 Å². The Hall–Kier alpha value is -3.09. The van der Waals surface area contributed by atoms with Gasteiger partial charge in [0.15, 0.2) is 0 Å². The fourth-order valence-electron chi connectivity index (χ4n) is 2.05. The van der Waals surface area contributed by atoms with E-state index in [-0.39, 0.29) is 12.2 Å². The second-order valence-electron chi connectivity index (χ2n) is 4.45. The third-order valence-corrected chi connectivity index (χ3v) is 3.99. The van der Waals surface area contributed by atoms with Gasteiger partial charge in [0.25, 0.3) is 0 Å². The van der Waals surface area contributed by atoms with Crippen LogP contribution in [0, 0.1) is 22.7 Å². The van der Waals surface area contributed by atoms with E-state index in [2.05, 4.69) is 6.07 Å². The number of rotatable bonds is 4. The lowest BCUT2D eigenvalue weighted by molar-refractivity contribution is -0.137. The highest BCUT2D eigenvalue weighted by molar-refractivity contribution is 7.17. The van der Waals surface area contributed by atoms with Gasteiger partial charge in [-0.3, -0.25) is 0 Å². The van der Waals surface area contributed by atoms with Gasteiger partial charge in [-0.1, -0.05) is 30.3 Å². The minimum atomic E-state index is -0.695. The van der Waals surface area contributed by atoms with Crippen LogP contribution in [0.25, 0.3) is 17.2 Å². The minimum absolute atomic E-state index is 0.130. The molecule has 1 heterocycles. The van der Waals surface area contributed by atoms with Gasteiger partial charge in [-0.05, 0) is 18.6 Å². The second kappa shape index (κ2) is 7.26. The number of ether oxygens (including phenoxy) is 1. The zero-order chi connectivity index (χ0) is 16.8. The first-order chi connectivity index (χ1) is 11.1. The molecule has 23 heavy (non-hydrogen) atoms. The molecular weight excluding hydrogens is 310 g/mol. The average Bonchev–Trinajstić information content (AvgIpc) is 2.88. The molecule has 114 valence electrons. The Balaban J connectivity index is 2.63. The molecule has 6 heteroatoms. The maximum absolute atomic E-state index is 11.8. The zero-order valence-corrected chi connectivity index (χ0v) is 13.2. The lowest BCUT2D eigenvalue weighted by Crippen LogP contribution is -2.05. The molecular formula is C17H13N3O2S. The number of nitrogens with zero attached hydrogens (tertiary/aromatic N) is 2. The van der Waals surface area contributed by atoms with Crippen LogP contribution in [0.2, 0.25) is 0 Å². The van der Waals surface area contributed by atoms with Crippen molar-refractivity contribution in [1.82, 2.24) is 0 Å². The van der Waals surface area contributed by atoms with Crippen molar-refractivity contribution < 1.29 is 9.53 Å². The number of carbonyl (C=O) groups is 1. The van der Waals surface area contributed by atoms with Gasteiger partial charge in [-0.25, -0.2) is 4.79 Å². The summed E-state index contributed by atoms with van der Waals surface area (Å²) in [5.41, 5.74) is 7.54. The smallest absolute Gasteiger partial charge is 0.348 e. The first kappa shape index (κ1) is 16.3. The molecule has 0 amide bonds. The molecule has 1 aromatic carbocycles. The molecule has 0 spiro atoms. The van der Waals surface area contributed by atoms with Gasteiger partial charge >= 0.3 is 5.97 Å². The monoisotopic (exact) mass is 323 g/mol. The summed E-state index contributed by atoms with van der Waals surface area (Å²) < 4.78 is 4.85. The van der Waals surface area contributed by atoms with Gasteiger partial charge in [-0.15, -0.1) is 11.3 Å². The molecule has 0 aliphatic heterocycles. The molecule has 0 aliphatic carbocycles. The number of nitriles is 2. The van der Waals surface area contributed by atoms with Gasteiger partial charge in [0.2, 0.25) is 0 Å². The summed E-state index contributed by atoms with van der Waals surface area (Å²) in [6.45, 7) is 1.85. The lowest BCUT2D eigenvalue weighted by atomic mass is 10.0. The van der Waals surface area contributed by atoms with E-state index in [9.17, 15) is 10.1 Å². The second-order valence-corrected chi connectivity index (χ2v) is 5.53. The molecule has 0 saturated heterocycles. The Labute approximate surface area is 137 Å². The Kier molecular flexibility index (Phi) is 5.14. The summed E-state index contributed by atoms with van der Waals surface area (Å²) >= 11 is 1.16. The molecule has 0 fully saturated rings. The molecule has 1 aromatic heterocycles. The Bertz CT molecular complexity index is 839. The third-order valence-electron chi connectivity index (χ3n) is 3.03.